The first-order chi connectivity index (χ1) is 15.4. The van der Waals surface area contributed by atoms with Crippen molar-refractivity contribution in [1.29, 1.82) is 0 Å². The van der Waals surface area contributed by atoms with E-state index in [1.165, 1.54) is 0 Å². The first kappa shape index (κ1) is 23.7. The molecule has 176 valence electrons. The van der Waals surface area contributed by atoms with Crippen LogP contribution in [-0.4, -0.2) is 37.8 Å². The second-order valence-electron chi connectivity index (χ2n) is 8.50. The quantitative estimate of drug-likeness (QED) is 0.631. The third-order valence-electron chi connectivity index (χ3n) is 5.86. The van der Waals surface area contributed by atoms with Crippen LogP contribution in [0.15, 0.2) is 41.3 Å². The smallest absolute Gasteiger partial charge is 0.248 e. The number of fused-ring (bicyclic) bond motifs is 1. The Morgan fingerprint density at radius 1 is 1.18 bits per heavy atom. The third kappa shape index (κ3) is 4.78. The molecule has 1 fully saturated rings. The van der Waals surface area contributed by atoms with E-state index in [9.17, 15) is 31.2 Å². The molecule has 0 bridgehead atoms. The van der Waals surface area contributed by atoms with Crippen LogP contribution in [0, 0.1) is 11.7 Å². The number of alkyl halides is 2. The van der Waals surface area contributed by atoms with Crippen molar-refractivity contribution in [2.24, 2.45) is 11.7 Å². The molecule has 2 aromatic rings. The van der Waals surface area contributed by atoms with E-state index >= 15 is 0 Å². The highest BCUT2D eigenvalue weighted by Crippen LogP contribution is 2.45. The fraction of sp³-hybridized carbons (Fsp3) is 0.364. The van der Waals surface area contributed by atoms with E-state index in [0.717, 1.165) is 11.0 Å². The average molecular weight is 501 g/mol. The van der Waals surface area contributed by atoms with Crippen LogP contribution in [0.4, 0.5) is 18.9 Å². The highest BCUT2D eigenvalue weighted by Gasteiger charge is 2.46. The minimum Gasteiger partial charge on any atom is -0.319 e. The largest absolute Gasteiger partial charge is 0.319 e. The lowest BCUT2D eigenvalue weighted by Crippen LogP contribution is -2.45. The summed E-state index contributed by atoms with van der Waals surface area (Å²) in [6.45, 7) is -0.0969. The number of Topliss-reactive ketones (excluding diaryl/α,β-unsaturated/α-hetero) is 1. The zero-order valence-corrected chi connectivity index (χ0v) is 18.8. The molecule has 1 aliphatic heterocycles. The molecule has 11 heteroatoms. The minimum atomic E-state index is -4.15. The van der Waals surface area contributed by atoms with E-state index in [1.807, 2.05) is 0 Å². The second-order valence-corrected chi connectivity index (χ2v) is 10.9. The van der Waals surface area contributed by atoms with Gasteiger partial charge in [-0.1, -0.05) is 23.7 Å². The Hall–Kier alpha value is -2.43. The van der Waals surface area contributed by atoms with Crippen molar-refractivity contribution in [2.75, 3.05) is 10.7 Å². The van der Waals surface area contributed by atoms with Gasteiger partial charge in [0.25, 0.3) is 0 Å². The molecule has 0 saturated heterocycles. The van der Waals surface area contributed by atoms with Crippen LogP contribution in [0.2, 0.25) is 5.02 Å². The van der Waals surface area contributed by atoms with E-state index < -0.39 is 74.3 Å². The Balaban J connectivity index is 1.76. The molecule has 4 rings (SSSR count). The number of halogens is 4. The van der Waals surface area contributed by atoms with Gasteiger partial charge in [0.2, 0.25) is 11.8 Å². The van der Waals surface area contributed by atoms with Gasteiger partial charge in [-0.25, -0.2) is 21.6 Å². The van der Waals surface area contributed by atoms with E-state index in [2.05, 4.69) is 0 Å². The van der Waals surface area contributed by atoms with Gasteiger partial charge in [0.15, 0.2) is 15.6 Å². The van der Waals surface area contributed by atoms with Gasteiger partial charge in [-0.05, 0) is 35.7 Å². The van der Waals surface area contributed by atoms with Gasteiger partial charge in [-0.3, -0.25) is 9.59 Å². The maximum absolute atomic E-state index is 14.8. The van der Waals surface area contributed by atoms with Gasteiger partial charge in [0.05, 0.1) is 34.5 Å². The van der Waals surface area contributed by atoms with Crippen molar-refractivity contribution in [3.05, 3.63) is 58.4 Å². The number of carbonyl (C=O) groups is 2. The highest BCUT2D eigenvalue weighted by molar-refractivity contribution is 7.91. The molecule has 2 aromatic carbocycles. The Kier molecular flexibility index (Phi) is 6.05. The summed E-state index contributed by atoms with van der Waals surface area (Å²) in [5.74, 6) is -6.68. The number of anilines is 1. The normalized spacial score (nSPS) is 21.8. The molecule has 2 aliphatic rings. The summed E-state index contributed by atoms with van der Waals surface area (Å²) in [6.07, 6.45) is -1.23. The van der Waals surface area contributed by atoms with Crippen molar-refractivity contribution in [1.82, 2.24) is 0 Å². The van der Waals surface area contributed by atoms with Crippen LogP contribution in [-0.2, 0) is 21.2 Å². The lowest BCUT2D eigenvalue weighted by atomic mass is 9.77. The molecule has 33 heavy (non-hydrogen) atoms. The molecule has 1 heterocycles. The zero-order chi connectivity index (χ0) is 24.1. The van der Waals surface area contributed by atoms with E-state index in [1.54, 1.807) is 24.3 Å². The molecule has 0 spiro atoms. The van der Waals surface area contributed by atoms with Crippen molar-refractivity contribution < 1.29 is 31.2 Å². The summed E-state index contributed by atoms with van der Waals surface area (Å²) in [5, 5.41) is 0.456. The summed E-state index contributed by atoms with van der Waals surface area (Å²) >= 11 is 5.89. The first-order valence-corrected chi connectivity index (χ1v) is 12.2. The second kappa shape index (κ2) is 8.41. The minimum absolute atomic E-state index is 0.0969. The number of rotatable bonds is 5. The van der Waals surface area contributed by atoms with Gasteiger partial charge < -0.3 is 10.6 Å². The van der Waals surface area contributed by atoms with Gasteiger partial charge >= 0.3 is 0 Å². The number of benzene rings is 2. The zero-order valence-electron chi connectivity index (χ0n) is 17.2. The lowest BCUT2D eigenvalue weighted by Gasteiger charge is -2.34. The highest BCUT2D eigenvalue weighted by atomic mass is 35.5. The molecule has 1 atom stereocenters. The number of hydrogen-bond acceptors (Lipinski definition) is 5. The Labute approximate surface area is 193 Å². The Morgan fingerprint density at radius 3 is 2.42 bits per heavy atom. The van der Waals surface area contributed by atoms with Gasteiger partial charge in [0.1, 0.15) is 5.82 Å². The number of amides is 1. The molecule has 1 aliphatic carbocycles. The average Bonchev–Trinajstić information content (AvgIpc) is 2.76. The third-order valence-corrected chi connectivity index (χ3v) is 7.91. The molecule has 0 radical (unpaired) electrons. The Morgan fingerprint density at radius 2 is 1.82 bits per heavy atom. The fourth-order valence-electron chi connectivity index (χ4n) is 4.17. The predicted molar refractivity (Wildman–Crippen MR) is 116 cm³/mol. The van der Waals surface area contributed by atoms with Crippen LogP contribution in [0.3, 0.4) is 0 Å². The van der Waals surface area contributed by atoms with Crippen LogP contribution >= 0.6 is 11.6 Å². The van der Waals surface area contributed by atoms with Crippen molar-refractivity contribution in [3.63, 3.8) is 0 Å². The fourth-order valence-corrected chi connectivity index (χ4v) is 5.86. The summed E-state index contributed by atoms with van der Waals surface area (Å²) in [5.41, 5.74) is 5.80. The van der Waals surface area contributed by atoms with E-state index in [4.69, 9.17) is 17.3 Å². The van der Waals surface area contributed by atoms with Crippen LogP contribution in [0.1, 0.15) is 35.2 Å². The molecule has 6 nitrogen and oxygen atoms in total. The van der Waals surface area contributed by atoms with Crippen LogP contribution < -0.4 is 10.6 Å². The summed E-state index contributed by atoms with van der Waals surface area (Å²) < 4.78 is 66.7. The first-order valence-electron chi connectivity index (χ1n) is 10.1. The molecule has 1 saturated carbocycles. The monoisotopic (exact) mass is 500 g/mol. The summed E-state index contributed by atoms with van der Waals surface area (Å²) in [4.78, 5) is 26.3. The number of nitrogens with two attached hydrogens (primary N) is 1. The number of carbonyl (C=O) groups excluding carboxylic acids is 2. The molecular formula is C22H20ClF3N2O4S. The van der Waals surface area contributed by atoms with Crippen LogP contribution in [0.5, 0.6) is 0 Å². The van der Waals surface area contributed by atoms with Gasteiger partial charge in [-0.2, -0.15) is 0 Å². The van der Waals surface area contributed by atoms with Gasteiger partial charge in [0, 0.05) is 24.3 Å². The maximum atomic E-state index is 14.8. The van der Waals surface area contributed by atoms with Crippen molar-refractivity contribution in [3.8, 4) is 0 Å². The maximum Gasteiger partial charge on any atom is 0.248 e. The SMILES string of the molecule is N[C@H]1CS(=O)(=O)c2cc(F)c(C(=O)CC3CC(F)(F)C3)cc2N(Cc2ccc(Cl)cc2)C1=O. The van der Waals surface area contributed by atoms with Crippen LogP contribution in [0.25, 0.3) is 0 Å². The number of ketones is 1. The predicted octanol–water partition coefficient (Wildman–Crippen LogP) is 3.75. The topological polar surface area (TPSA) is 97.5 Å². The molecular weight excluding hydrogens is 481 g/mol. The molecule has 0 unspecified atom stereocenters. The number of hydrogen-bond donors (Lipinski definition) is 1. The number of nitrogens with zero attached hydrogens (tertiary/aromatic N) is 1. The van der Waals surface area contributed by atoms with Crippen molar-refractivity contribution >= 4 is 38.8 Å². The molecule has 0 aromatic heterocycles. The summed E-state index contributed by atoms with van der Waals surface area (Å²) in [7, 11) is -4.15. The van der Waals surface area contributed by atoms with Crippen molar-refractivity contribution in [2.45, 2.75) is 42.7 Å². The number of sulfone groups is 1. The standard InChI is InChI=1S/C22H20ClF3N2O4S/c23-14-3-1-12(2-4-14)10-28-18-6-15(19(29)5-13-8-22(25,26)9-13)16(24)7-20(18)33(31,32)11-17(27)21(28)30/h1-4,6-7,13,17H,5,8-11,27H2/t17-/m0/s1. The molecule has 1 amide bonds. The van der Waals surface area contributed by atoms with E-state index in [-0.39, 0.29) is 18.7 Å². The van der Waals surface area contributed by atoms with Gasteiger partial charge in [-0.15, -0.1) is 0 Å². The Bertz CT molecular complexity index is 1230. The summed E-state index contributed by atoms with van der Waals surface area (Å²) in [6, 6.07) is 6.75. The molecule has 2 N–H and O–H groups in total. The lowest BCUT2D eigenvalue weighted by molar-refractivity contribution is -0.119. The van der Waals surface area contributed by atoms with E-state index in [0.29, 0.717) is 16.7 Å².